The highest BCUT2D eigenvalue weighted by Crippen LogP contribution is 2.18. The summed E-state index contributed by atoms with van der Waals surface area (Å²) in [7, 11) is 0. The molecular weight excluding hydrogens is 178 g/mol. The van der Waals surface area contributed by atoms with E-state index in [0.29, 0.717) is 18.6 Å². The third-order valence-corrected chi connectivity index (χ3v) is 2.56. The van der Waals surface area contributed by atoms with Gasteiger partial charge in [0.2, 0.25) is 5.91 Å². The van der Waals surface area contributed by atoms with Crippen molar-refractivity contribution in [3.63, 3.8) is 0 Å². The van der Waals surface area contributed by atoms with Gasteiger partial charge in [-0.25, -0.2) is 0 Å². The quantitative estimate of drug-likeness (QED) is 0.695. The van der Waals surface area contributed by atoms with Crippen LogP contribution in [0.25, 0.3) is 0 Å². The van der Waals surface area contributed by atoms with Crippen LogP contribution in [0.2, 0.25) is 0 Å². The molecule has 1 aliphatic rings. The van der Waals surface area contributed by atoms with Crippen LogP contribution in [-0.4, -0.2) is 17.7 Å². The Morgan fingerprint density at radius 3 is 2.21 bits per heavy atom. The van der Waals surface area contributed by atoms with E-state index in [1.807, 2.05) is 20.8 Å². The van der Waals surface area contributed by atoms with E-state index >= 15 is 0 Å². The molecule has 80 valence electrons. The first-order valence-electron chi connectivity index (χ1n) is 5.22. The van der Waals surface area contributed by atoms with Gasteiger partial charge in [0.25, 0.3) is 0 Å². The molecule has 1 aliphatic carbocycles. The average molecular weight is 197 g/mol. The lowest BCUT2D eigenvalue weighted by Gasteiger charge is -2.26. The van der Waals surface area contributed by atoms with E-state index < -0.39 is 0 Å². The van der Waals surface area contributed by atoms with E-state index in [2.05, 4.69) is 5.32 Å². The van der Waals surface area contributed by atoms with Gasteiger partial charge in [0, 0.05) is 24.3 Å². The molecule has 3 nitrogen and oxygen atoms in total. The molecule has 0 heterocycles. The Labute approximate surface area is 85.3 Å². The van der Waals surface area contributed by atoms with Crippen LogP contribution in [0.4, 0.5) is 0 Å². The van der Waals surface area contributed by atoms with Crippen LogP contribution in [0.1, 0.15) is 46.5 Å². The van der Waals surface area contributed by atoms with Crippen molar-refractivity contribution < 1.29 is 9.59 Å². The summed E-state index contributed by atoms with van der Waals surface area (Å²) in [4.78, 5) is 22.6. The van der Waals surface area contributed by atoms with Crippen molar-refractivity contribution in [3.05, 3.63) is 0 Å². The highest BCUT2D eigenvalue weighted by Gasteiger charge is 2.26. The van der Waals surface area contributed by atoms with Crippen LogP contribution >= 0.6 is 0 Å². The van der Waals surface area contributed by atoms with E-state index in [-0.39, 0.29) is 17.4 Å². The van der Waals surface area contributed by atoms with Crippen molar-refractivity contribution in [1.29, 1.82) is 0 Å². The van der Waals surface area contributed by atoms with Crippen LogP contribution in [-0.2, 0) is 9.59 Å². The van der Waals surface area contributed by atoms with Crippen LogP contribution < -0.4 is 5.32 Å². The molecule has 0 atom stereocenters. The average Bonchev–Trinajstić information content (AvgIpc) is 2.07. The van der Waals surface area contributed by atoms with E-state index in [4.69, 9.17) is 0 Å². The van der Waals surface area contributed by atoms with E-state index in [1.54, 1.807) is 0 Å². The maximum Gasteiger partial charge on any atom is 0.225 e. The topological polar surface area (TPSA) is 46.2 Å². The summed E-state index contributed by atoms with van der Waals surface area (Å²) in [6, 6.07) is 0.208. The van der Waals surface area contributed by atoms with E-state index in [9.17, 15) is 9.59 Å². The normalized spacial score (nSPS) is 19.5. The van der Waals surface area contributed by atoms with Crippen LogP contribution in [0.3, 0.4) is 0 Å². The second-order valence-corrected chi connectivity index (χ2v) is 5.04. The molecule has 14 heavy (non-hydrogen) atoms. The fourth-order valence-electron chi connectivity index (χ4n) is 1.49. The van der Waals surface area contributed by atoms with Gasteiger partial charge in [0.1, 0.15) is 5.78 Å². The number of carbonyl (C=O) groups is 2. The zero-order valence-corrected chi connectivity index (χ0v) is 9.22. The van der Waals surface area contributed by atoms with Crippen molar-refractivity contribution in [2.75, 3.05) is 0 Å². The predicted octanol–water partition coefficient (Wildman–Crippen LogP) is 1.66. The predicted molar refractivity (Wildman–Crippen MR) is 54.9 cm³/mol. The summed E-state index contributed by atoms with van der Waals surface area (Å²) in [5.41, 5.74) is -0.332. The monoisotopic (exact) mass is 197 g/mol. The first-order chi connectivity index (χ1) is 6.39. The van der Waals surface area contributed by atoms with Gasteiger partial charge in [-0.3, -0.25) is 9.59 Å². The Bertz CT molecular complexity index is 230. The lowest BCUT2D eigenvalue weighted by atomic mass is 9.91. The number of nitrogens with one attached hydrogen (secondary N) is 1. The number of Topliss-reactive ketones (excluding diaryl/α,β-unsaturated/α-hetero) is 1. The molecule has 1 saturated carbocycles. The summed E-state index contributed by atoms with van der Waals surface area (Å²) in [5.74, 6) is 0.406. The summed E-state index contributed by atoms with van der Waals surface area (Å²) >= 11 is 0. The van der Waals surface area contributed by atoms with Gasteiger partial charge < -0.3 is 5.32 Å². The molecule has 0 aromatic carbocycles. The zero-order valence-electron chi connectivity index (χ0n) is 9.22. The maximum absolute atomic E-state index is 11.6. The summed E-state index contributed by atoms with van der Waals surface area (Å²) in [5, 5.41) is 2.99. The third-order valence-electron chi connectivity index (χ3n) is 2.56. The molecule has 1 fully saturated rings. The molecule has 0 radical (unpaired) electrons. The minimum absolute atomic E-state index is 0.0804. The maximum atomic E-state index is 11.6. The molecule has 1 N–H and O–H groups in total. The number of carbonyl (C=O) groups excluding carboxylic acids is 2. The minimum Gasteiger partial charge on any atom is -0.353 e. The number of amides is 1. The Kier molecular flexibility index (Phi) is 3.29. The van der Waals surface area contributed by atoms with Gasteiger partial charge in [-0.05, 0) is 12.8 Å². The molecule has 1 rings (SSSR count). The molecule has 3 heteroatoms. The van der Waals surface area contributed by atoms with Crippen molar-refractivity contribution in [2.45, 2.75) is 52.5 Å². The summed E-state index contributed by atoms with van der Waals surface area (Å²) in [6.45, 7) is 5.70. The Morgan fingerprint density at radius 2 is 1.79 bits per heavy atom. The standard InChI is InChI=1S/C11H19NO2/c1-11(2,3)10(14)12-8-4-6-9(13)7-5-8/h8H,4-7H2,1-3H3,(H,12,14). The van der Waals surface area contributed by atoms with Gasteiger partial charge >= 0.3 is 0 Å². The number of hydrogen-bond acceptors (Lipinski definition) is 2. The molecule has 0 saturated heterocycles. The van der Waals surface area contributed by atoms with Gasteiger partial charge in [-0.2, -0.15) is 0 Å². The second-order valence-electron chi connectivity index (χ2n) is 5.04. The van der Waals surface area contributed by atoms with E-state index in [0.717, 1.165) is 12.8 Å². The third kappa shape index (κ3) is 3.13. The van der Waals surface area contributed by atoms with Crippen molar-refractivity contribution in [3.8, 4) is 0 Å². The number of hydrogen-bond donors (Lipinski definition) is 1. The minimum atomic E-state index is -0.332. The summed E-state index contributed by atoms with van der Waals surface area (Å²) in [6.07, 6.45) is 2.85. The Balaban J connectivity index is 2.38. The fourth-order valence-corrected chi connectivity index (χ4v) is 1.49. The fraction of sp³-hybridized carbons (Fsp3) is 0.818. The molecule has 0 spiro atoms. The molecular formula is C11H19NO2. The smallest absolute Gasteiger partial charge is 0.225 e. The van der Waals surface area contributed by atoms with Gasteiger partial charge in [0.05, 0.1) is 0 Å². The van der Waals surface area contributed by atoms with Crippen molar-refractivity contribution in [1.82, 2.24) is 5.32 Å². The Hall–Kier alpha value is -0.860. The first kappa shape index (κ1) is 11.2. The molecule has 1 amide bonds. The molecule has 0 aromatic rings. The van der Waals surface area contributed by atoms with Gasteiger partial charge in [-0.1, -0.05) is 20.8 Å². The largest absolute Gasteiger partial charge is 0.353 e. The number of ketones is 1. The second kappa shape index (κ2) is 4.11. The highest BCUT2D eigenvalue weighted by atomic mass is 16.2. The van der Waals surface area contributed by atoms with Crippen molar-refractivity contribution >= 4 is 11.7 Å². The SMILES string of the molecule is CC(C)(C)C(=O)NC1CCC(=O)CC1. The lowest BCUT2D eigenvalue weighted by Crippen LogP contribution is -2.43. The van der Waals surface area contributed by atoms with Gasteiger partial charge in [-0.15, -0.1) is 0 Å². The van der Waals surface area contributed by atoms with Crippen LogP contribution in [0.5, 0.6) is 0 Å². The number of rotatable bonds is 1. The van der Waals surface area contributed by atoms with Gasteiger partial charge in [0.15, 0.2) is 0 Å². The van der Waals surface area contributed by atoms with Crippen LogP contribution in [0, 0.1) is 5.41 Å². The molecule has 0 bridgehead atoms. The molecule has 0 aromatic heterocycles. The highest BCUT2D eigenvalue weighted by molar-refractivity contribution is 5.82. The first-order valence-corrected chi connectivity index (χ1v) is 5.22. The molecule has 0 aliphatic heterocycles. The molecule has 0 unspecified atom stereocenters. The van der Waals surface area contributed by atoms with E-state index in [1.165, 1.54) is 0 Å². The lowest BCUT2D eigenvalue weighted by molar-refractivity contribution is -0.130. The Morgan fingerprint density at radius 1 is 1.29 bits per heavy atom. The summed E-state index contributed by atoms with van der Waals surface area (Å²) < 4.78 is 0. The van der Waals surface area contributed by atoms with Crippen LogP contribution in [0.15, 0.2) is 0 Å². The zero-order chi connectivity index (χ0) is 10.8. The van der Waals surface area contributed by atoms with Crippen molar-refractivity contribution in [2.24, 2.45) is 5.41 Å².